The number of rotatable bonds is 6. The number of benzene rings is 1. The molecule has 1 aliphatic carbocycles. The number of tetrazole rings is 1. The maximum Gasteiger partial charge on any atom is 0.165 e. The molecule has 1 saturated heterocycles. The van der Waals surface area contributed by atoms with E-state index < -0.39 is 0 Å². The van der Waals surface area contributed by atoms with Crippen LogP contribution in [-0.2, 0) is 6.54 Å². The molecule has 24 heavy (non-hydrogen) atoms. The molecule has 0 radical (unpaired) electrons. The number of nitrogens with zero attached hydrogens (tertiary/aromatic N) is 5. The lowest BCUT2D eigenvalue weighted by atomic mass is 10.0. The van der Waals surface area contributed by atoms with Crippen molar-refractivity contribution in [2.75, 3.05) is 20.8 Å². The van der Waals surface area contributed by atoms with E-state index in [9.17, 15) is 0 Å². The van der Waals surface area contributed by atoms with Crippen LogP contribution in [0.25, 0.3) is 0 Å². The van der Waals surface area contributed by atoms with E-state index in [1.165, 1.54) is 24.8 Å². The Hall–Kier alpha value is -2.15. The second kappa shape index (κ2) is 6.39. The van der Waals surface area contributed by atoms with Gasteiger partial charge in [0.25, 0.3) is 0 Å². The smallest absolute Gasteiger partial charge is 0.165 e. The number of aromatic nitrogens is 4. The lowest BCUT2D eigenvalue weighted by Crippen LogP contribution is -2.25. The largest absolute Gasteiger partial charge is 0.497 e. The standard InChI is InChI=1S/C17H23N5O2/c1-23-13-7-8-14(16(10-13)24-2)15-4-3-9-21(15)11-17-18-19-20-22(17)12-5-6-12/h7-8,10,12,15H,3-6,9,11H2,1-2H3/t15-/m1/s1. The van der Waals surface area contributed by atoms with Crippen LogP contribution in [0.2, 0.25) is 0 Å². The summed E-state index contributed by atoms with van der Waals surface area (Å²) in [4.78, 5) is 2.45. The van der Waals surface area contributed by atoms with E-state index in [0.29, 0.717) is 12.1 Å². The number of ether oxygens (including phenoxy) is 2. The highest BCUT2D eigenvalue weighted by atomic mass is 16.5. The van der Waals surface area contributed by atoms with E-state index in [4.69, 9.17) is 9.47 Å². The summed E-state index contributed by atoms with van der Waals surface area (Å²) in [5, 5.41) is 12.3. The van der Waals surface area contributed by atoms with Crippen LogP contribution in [0.4, 0.5) is 0 Å². The van der Waals surface area contributed by atoms with Crippen molar-refractivity contribution in [2.45, 2.75) is 44.3 Å². The maximum absolute atomic E-state index is 5.60. The normalized spacial score (nSPS) is 21.2. The van der Waals surface area contributed by atoms with Gasteiger partial charge in [0, 0.05) is 17.7 Å². The molecule has 128 valence electrons. The third-order valence-electron chi connectivity index (χ3n) is 4.96. The van der Waals surface area contributed by atoms with E-state index in [1.807, 2.05) is 16.8 Å². The third-order valence-corrected chi connectivity index (χ3v) is 4.96. The van der Waals surface area contributed by atoms with Gasteiger partial charge in [-0.3, -0.25) is 4.90 Å². The molecule has 1 aliphatic heterocycles. The van der Waals surface area contributed by atoms with Gasteiger partial charge in [0.1, 0.15) is 11.5 Å². The van der Waals surface area contributed by atoms with Crippen LogP contribution in [-0.4, -0.2) is 45.9 Å². The first-order chi connectivity index (χ1) is 11.8. The average Bonchev–Trinajstić information content (AvgIpc) is 3.18. The highest BCUT2D eigenvalue weighted by molar-refractivity contribution is 5.42. The van der Waals surface area contributed by atoms with Gasteiger partial charge in [0.05, 0.1) is 26.8 Å². The molecular weight excluding hydrogens is 306 g/mol. The van der Waals surface area contributed by atoms with Gasteiger partial charge in [-0.05, 0) is 48.7 Å². The SMILES string of the molecule is COc1ccc([C@H]2CCCN2Cc2nnnn2C2CC2)c(OC)c1. The predicted octanol–water partition coefficient (Wildman–Crippen LogP) is 2.36. The molecule has 2 fully saturated rings. The average molecular weight is 329 g/mol. The topological polar surface area (TPSA) is 65.3 Å². The fourth-order valence-electron chi connectivity index (χ4n) is 3.56. The number of methoxy groups -OCH3 is 2. The summed E-state index contributed by atoms with van der Waals surface area (Å²) >= 11 is 0. The summed E-state index contributed by atoms with van der Waals surface area (Å²) in [6, 6.07) is 6.91. The molecule has 0 N–H and O–H groups in total. The van der Waals surface area contributed by atoms with Gasteiger partial charge in [0.2, 0.25) is 0 Å². The summed E-state index contributed by atoms with van der Waals surface area (Å²) in [5.41, 5.74) is 1.21. The van der Waals surface area contributed by atoms with Crippen LogP contribution in [0, 0.1) is 0 Å². The van der Waals surface area contributed by atoms with Crippen molar-refractivity contribution in [1.29, 1.82) is 0 Å². The minimum absolute atomic E-state index is 0.329. The third kappa shape index (κ3) is 2.84. The Morgan fingerprint density at radius 1 is 1.17 bits per heavy atom. The zero-order valence-corrected chi connectivity index (χ0v) is 14.2. The van der Waals surface area contributed by atoms with Crippen molar-refractivity contribution in [3.8, 4) is 11.5 Å². The van der Waals surface area contributed by atoms with Crippen molar-refractivity contribution in [2.24, 2.45) is 0 Å². The molecule has 0 unspecified atom stereocenters. The van der Waals surface area contributed by atoms with Crippen molar-refractivity contribution in [3.63, 3.8) is 0 Å². The van der Waals surface area contributed by atoms with E-state index in [1.54, 1.807) is 14.2 Å². The summed E-state index contributed by atoms with van der Waals surface area (Å²) in [6.07, 6.45) is 4.67. The molecule has 7 heteroatoms. The monoisotopic (exact) mass is 329 g/mol. The number of likely N-dealkylation sites (tertiary alicyclic amines) is 1. The van der Waals surface area contributed by atoms with Crippen LogP contribution in [0.5, 0.6) is 11.5 Å². The molecule has 0 bridgehead atoms. The maximum atomic E-state index is 5.60. The molecule has 2 aliphatic rings. The molecule has 1 atom stereocenters. The zero-order chi connectivity index (χ0) is 16.5. The first kappa shape index (κ1) is 15.4. The summed E-state index contributed by atoms with van der Waals surface area (Å²) in [7, 11) is 3.39. The zero-order valence-electron chi connectivity index (χ0n) is 14.2. The van der Waals surface area contributed by atoms with Crippen LogP contribution in [0.15, 0.2) is 18.2 Å². The van der Waals surface area contributed by atoms with Crippen LogP contribution in [0.3, 0.4) is 0 Å². The van der Waals surface area contributed by atoms with Crippen molar-refractivity contribution in [3.05, 3.63) is 29.6 Å². The van der Waals surface area contributed by atoms with Crippen molar-refractivity contribution in [1.82, 2.24) is 25.1 Å². The van der Waals surface area contributed by atoms with Gasteiger partial charge in [-0.15, -0.1) is 5.10 Å². The summed E-state index contributed by atoms with van der Waals surface area (Å²) in [6.45, 7) is 1.83. The van der Waals surface area contributed by atoms with Crippen molar-refractivity contribution < 1.29 is 9.47 Å². The molecule has 0 spiro atoms. The lowest BCUT2D eigenvalue weighted by molar-refractivity contribution is 0.232. The lowest BCUT2D eigenvalue weighted by Gasteiger charge is -2.25. The molecular formula is C17H23N5O2. The second-order valence-corrected chi connectivity index (χ2v) is 6.51. The van der Waals surface area contributed by atoms with Gasteiger partial charge in [-0.1, -0.05) is 6.07 Å². The van der Waals surface area contributed by atoms with Gasteiger partial charge in [-0.25, -0.2) is 4.68 Å². The fraction of sp³-hybridized carbons (Fsp3) is 0.588. The number of hydrogen-bond acceptors (Lipinski definition) is 6. The minimum atomic E-state index is 0.329. The molecule has 1 aromatic heterocycles. The quantitative estimate of drug-likeness (QED) is 0.810. The number of hydrogen-bond donors (Lipinski definition) is 0. The van der Waals surface area contributed by atoms with Gasteiger partial charge in [-0.2, -0.15) is 0 Å². The Bertz CT molecular complexity index is 713. The van der Waals surface area contributed by atoms with Crippen molar-refractivity contribution >= 4 is 0 Å². The highest BCUT2D eigenvalue weighted by Crippen LogP contribution is 2.40. The first-order valence-corrected chi connectivity index (χ1v) is 8.53. The molecule has 4 rings (SSSR count). The van der Waals surface area contributed by atoms with E-state index in [0.717, 1.165) is 36.8 Å². The molecule has 1 saturated carbocycles. The summed E-state index contributed by atoms with van der Waals surface area (Å²) in [5.74, 6) is 2.67. The van der Waals surface area contributed by atoms with Gasteiger partial charge >= 0.3 is 0 Å². The van der Waals surface area contributed by atoms with Crippen LogP contribution >= 0.6 is 0 Å². The summed E-state index contributed by atoms with van der Waals surface area (Å²) < 4.78 is 12.9. The van der Waals surface area contributed by atoms with Gasteiger partial charge < -0.3 is 9.47 Å². The van der Waals surface area contributed by atoms with E-state index >= 15 is 0 Å². The predicted molar refractivity (Wildman–Crippen MR) is 88.0 cm³/mol. The minimum Gasteiger partial charge on any atom is -0.497 e. The Labute approximate surface area is 141 Å². The Balaban J connectivity index is 1.57. The molecule has 7 nitrogen and oxygen atoms in total. The first-order valence-electron chi connectivity index (χ1n) is 8.53. The van der Waals surface area contributed by atoms with Gasteiger partial charge in [0.15, 0.2) is 5.82 Å². The van der Waals surface area contributed by atoms with E-state index in [-0.39, 0.29) is 0 Å². The Morgan fingerprint density at radius 3 is 2.79 bits per heavy atom. The molecule has 2 aromatic rings. The Kier molecular flexibility index (Phi) is 4.10. The Morgan fingerprint density at radius 2 is 2.04 bits per heavy atom. The highest BCUT2D eigenvalue weighted by Gasteiger charge is 2.32. The molecule has 2 heterocycles. The fourth-order valence-corrected chi connectivity index (χ4v) is 3.56. The molecule has 1 aromatic carbocycles. The van der Waals surface area contributed by atoms with Crippen LogP contribution < -0.4 is 9.47 Å². The molecule has 0 amide bonds. The van der Waals surface area contributed by atoms with E-state index in [2.05, 4.69) is 26.5 Å². The van der Waals surface area contributed by atoms with Crippen LogP contribution in [0.1, 0.15) is 49.2 Å². The second-order valence-electron chi connectivity index (χ2n) is 6.51.